The first-order chi connectivity index (χ1) is 28.8. The molecule has 0 unspecified atom stereocenters. The smallest absolute Gasteiger partial charge is 0.813 e. The third-order valence-electron chi connectivity index (χ3n) is 10.6. The second-order valence-electron chi connectivity index (χ2n) is 14.4. The van der Waals surface area contributed by atoms with E-state index in [1.807, 2.05) is 31.2 Å². The fourth-order valence-electron chi connectivity index (χ4n) is 7.54. The molecule has 2 saturated heterocycles. The van der Waals surface area contributed by atoms with E-state index in [1.165, 1.54) is 40.7 Å². The molecule has 0 radical (unpaired) electrons. The number of aromatic amines is 2. The summed E-state index contributed by atoms with van der Waals surface area (Å²) >= 11 is 0. The number of carbonyl (C=O) groups is 6. The third-order valence-corrected chi connectivity index (χ3v) is 10.6. The second-order valence-corrected chi connectivity index (χ2v) is 14.4. The molecule has 8 rings (SSSR count). The Morgan fingerprint density at radius 1 is 0.651 bits per heavy atom. The summed E-state index contributed by atoms with van der Waals surface area (Å²) in [6.45, 7) is 5.37. The van der Waals surface area contributed by atoms with Crippen molar-refractivity contribution >= 4 is 82.1 Å². The predicted octanol–water partition coefficient (Wildman–Crippen LogP) is -2.53. The molecule has 21 heteroatoms. The fourth-order valence-corrected chi connectivity index (χ4v) is 7.54. The topological polar surface area (TPSA) is 242 Å². The Kier molecular flexibility index (Phi) is 17.4. The molecule has 63 heavy (non-hydrogen) atoms. The Morgan fingerprint density at radius 3 is 1.49 bits per heavy atom. The van der Waals surface area contributed by atoms with E-state index in [2.05, 4.69) is 19.9 Å². The molecular weight excluding hydrogens is 851 g/mol. The van der Waals surface area contributed by atoms with Crippen molar-refractivity contribution in [2.24, 2.45) is 0 Å². The van der Waals surface area contributed by atoms with Gasteiger partial charge in [-0.05, 0) is 44.2 Å². The van der Waals surface area contributed by atoms with Crippen LogP contribution in [-0.4, -0.2) is 131 Å². The molecule has 2 fully saturated rings. The van der Waals surface area contributed by atoms with Crippen LogP contribution in [-0.2, 0) is 23.1 Å². The predicted molar refractivity (Wildman–Crippen MR) is 228 cm³/mol. The van der Waals surface area contributed by atoms with E-state index < -0.39 is 34.3 Å². The molecule has 4 amide bonds. The van der Waals surface area contributed by atoms with Gasteiger partial charge in [0.2, 0.25) is 0 Å². The average molecular weight is 892 g/mol. The van der Waals surface area contributed by atoms with Crippen LogP contribution in [0.3, 0.4) is 0 Å². The summed E-state index contributed by atoms with van der Waals surface area (Å²) in [5.41, 5.74) is 7.98. The van der Waals surface area contributed by atoms with Gasteiger partial charge in [0, 0.05) is 99.0 Å². The number of aromatic nitrogens is 4. The summed E-state index contributed by atoms with van der Waals surface area (Å²) < 4.78 is 0. The van der Waals surface area contributed by atoms with Gasteiger partial charge in [-0.2, -0.15) is 0 Å². The number of nitro groups is 1. The molecule has 4 N–H and O–H groups in total. The number of rotatable bonds is 7. The Balaban J connectivity index is 0.000000264. The zero-order valence-corrected chi connectivity index (χ0v) is 40.0. The van der Waals surface area contributed by atoms with Crippen LogP contribution in [0.25, 0.3) is 22.1 Å². The number of Topliss-reactive ketones (excluding diaryl/α,β-unsaturated/α-hetero) is 2. The summed E-state index contributed by atoms with van der Waals surface area (Å²) in [5, 5.41) is 11.8. The SMILES string of the molecule is C[C@@H]1CN(C(=O)c2ccccc2)CCN1C(=O)C(=O)c1c[nH]c2nccc(N)c12.C[C@@H]1CN(C(=O)c2ccccc2)CCN1C(=O)C(=O)c1c[nH]c2nccc([N+](=O)[O-])c12.[Na+].[Na+].[SH-]. The summed E-state index contributed by atoms with van der Waals surface area (Å²) in [6.07, 6.45) is 5.53. The number of nitrogens with one attached hydrogen (secondary N) is 2. The van der Waals surface area contributed by atoms with Crippen LogP contribution in [0.1, 0.15) is 55.3 Å². The molecule has 2 aromatic carbocycles. The molecule has 2 aliphatic heterocycles. The van der Waals surface area contributed by atoms with Crippen molar-refractivity contribution in [1.29, 1.82) is 0 Å². The maximum atomic E-state index is 12.9. The zero-order valence-electron chi connectivity index (χ0n) is 35.1. The normalized spacial score (nSPS) is 15.8. The molecule has 4 aromatic heterocycles. The number of hydrogen-bond acceptors (Lipinski definition) is 12. The molecule has 0 saturated carbocycles. The molecule has 0 bridgehead atoms. The molecule has 2 aliphatic rings. The van der Waals surface area contributed by atoms with Gasteiger partial charge in [-0.3, -0.25) is 38.9 Å². The van der Waals surface area contributed by atoms with Gasteiger partial charge >= 0.3 is 59.1 Å². The Bertz CT molecular complexity index is 2660. The van der Waals surface area contributed by atoms with Crippen LogP contribution < -0.4 is 64.8 Å². The molecule has 0 spiro atoms. The van der Waals surface area contributed by atoms with Crippen molar-refractivity contribution in [2.45, 2.75) is 25.9 Å². The van der Waals surface area contributed by atoms with Gasteiger partial charge < -0.3 is 48.8 Å². The maximum Gasteiger partial charge on any atom is 1.00 e. The number of carbonyl (C=O) groups excluding carboxylic acids is 6. The number of thiol groups is 1. The number of nitrogen functional groups attached to an aromatic ring is 1. The molecular formula is C42H41N10Na2O8S+. The summed E-state index contributed by atoms with van der Waals surface area (Å²) in [6, 6.07) is 20.0. The zero-order chi connectivity index (χ0) is 42.7. The number of benzene rings is 2. The van der Waals surface area contributed by atoms with Gasteiger partial charge in [0.1, 0.15) is 16.7 Å². The van der Waals surface area contributed by atoms with Crippen molar-refractivity contribution in [3.8, 4) is 0 Å². The number of nitrogens with zero attached hydrogens (tertiary/aromatic N) is 7. The molecule has 314 valence electrons. The van der Waals surface area contributed by atoms with Gasteiger partial charge in [-0.15, -0.1) is 0 Å². The van der Waals surface area contributed by atoms with E-state index in [0.29, 0.717) is 47.5 Å². The Hall–Kier alpha value is -5.41. The Labute approximate surface area is 412 Å². The van der Waals surface area contributed by atoms with E-state index in [9.17, 15) is 38.9 Å². The van der Waals surface area contributed by atoms with E-state index in [0.717, 1.165) is 0 Å². The van der Waals surface area contributed by atoms with E-state index in [4.69, 9.17) is 5.73 Å². The minimum atomic E-state index is -0.850. The number of ketones is 2. The number of anilines is 1. The van der Waals surface area contributed by atoms with Crippen molar-refractivity contribution in [1.82, 2.24) is 39.5 Å². The number of pyridine rings is 2. The number of amides is 4. The summed E-state index contributed by atoms with van der Waals surface area (Å²) in [5.74, 6) is -3.06. The quantitative estimate of drug-likeness (QED) is 0.0286. The van der Waals surface area contributed by atoms with Crippen molar-refractivity contribution < 1.29 is 92.8 Å². The molecule has 0 aliphatic carbocycles. The van der Waals surface area contributed by atoms with Crippen LogP contribution in [0.5, 0.6) is 0 Å². The summed E-state index contributed by atoms with van der Waals surface area (Å²) in [7, 11) is 0. The standard InChI is InChI=1S/C21H19N5O5.C21H21N5O3.2Na.H2S/c1-13-12-24(20(28)14-5-3-2-4-6-14)9-10-25(13)21(29)18(27)15-11-23-19-17(15)16(26(30)31)7-8-22-19;1-13-12-25(20(28)14-5-3-2-4-6-14)9-10-26(13)21(29)18(27)15-11-24-19-17(15)16(22)7-8-23-19;;;/h2-8,11,13H,9-10,12H2,1H3,(H,22,23);2-8,11,13H,9-10,12H2,1H3,(H3,22,23,24);;;1H2/q;;2*+1;/p-1/t2*13-;;;/m11.../s1. The number of piperazine rings is 2. The maximum absolute atomic E-state index is 12.9. The third kappa shape index (κ3) is 10.5. The Morgan fingerprint density at radius 2 is 1.06 bits per heavy atom. The number of nitrogens with two attached hydrogens (primary N) is 1. The average Bonchev–Trinajstić information content (AvgIpc) is 3.91. The number of hydrogen-bond donors (Lipinski definition) is 3. The van der Waals surface area contributed by atoms with Crippen LogP contribution >= 0.6 is 0 Å². The van der Waals surface area contributed by atoms with Crippen molar-refractivity contribution in [3.63, 3.8) is 0 Å². The van der Waals surface area contributed by atoms with Gasteiger partial charge in [0.25, 0.3) is 40.9 Å². The van der Waals surface area contributed by atoms with E-state index in [-0.39, 0.29) is 138 Å². The molecule has 18 nitrogen and oxygen atoms in total. The minimum Gasteiger partial charge on any atom is -0.813 e. The van der Waals surface area contributed by atoms with Crippen LogP contribution in [0.15, 0.2) is 97.6 Å². The summed E-state index contributed by atoms with van der Waals surface area (Å²) in [4.78, 5) is 108. The first-order valence-electron chi connectivity index (χ1n) is 19.1. The largest absolute Gasteiger partial charge is 1.00 e. The molecule has 6 aromatic rings. The number of H-pyrrole nitrogens is 2. The first-order valence-corrected chi connectivity index (χ1v) is 19.1. The van der Waals surface area contributed by atoms with E-state index >= 15 is 0 Å². The molecule has 6 heterocycles. The van der Waals surface area contributed by atoms with Gasteiger partial charge in [-0.25, -0.2) is 9.97 Å². The van der Waals surface area contributed by atoms with Crippen LogP contribution in [0, 0.1) is 10.1 Å². The first kappa shape index (κ1) is 50.2. The minimum absolute atomic E-state index is 0. The van der Waals surface area contributed by atoms with Gasteiger partial charge in [0.15, 0.2) is 0 Å². The van der Waals surface area contributed by atoms with E-state index in [1.54, 1.807) is 59.2 Å². The fraction of sp³-hybridized carbons (Fsp3) is 0.238. The van der Waals surface area contributed by atoms with Crippen molar-refractivity contribution in [2.75, 3.05) is 45.0 Å². The van der Waals surface area contributed by atoms with Crippen LogP contribution in [0.2, 0.25) is 0 Å². The molecule has 2 atom stereocenters. The monoisotopic (exact) mass is 891 g/mol. The number of fused-ring (bicyclic) bond motifs is 2. The van der Waals surface area contributed by atoms with Gasteiger partial charge in [-0.1, -0.05) is 36.4 Å². The second kappa shape index (κ2) is 21.8. The van der Waals surface area contributed by atoms with Crippen LogP contribution in [0.4, 0.5) is 11.4 Å². The van der Waals surface area contributed by atoms with Gasteiger partial charge in [0.05, 0.1) is 21.4 Å². The van der Waals surface area contributed by atoms with Crippen molar-refractivity contribution in [3.05, 3.63) is 130 Å².